The smallest absolute Gasteiger partial charge is 0.407 e. The molecule has 0 aromatic carbocycles. The first-order valence-corrected chi connectivity index (χ1v) is 5.39. The Morgan fingerprint density at radius 3 is 2.59 bits per heavy atom. The molecular weight excluding hydrogens is 224 g/mol. The molecule has 0 aliphatic rings. The summed E-state index contributed by atoms with van der Waals surface area (Å²) in [5.41, 5.74) is 0.271. The number of hydrogen-bond donors (Lipinski definition) is 2. The Morgan fingerprint density at radius 1 is 1.41 bits per heavy atom. The van der Waals surface area contributed by atoms with Crippen LogP contribution in [0.2, 0.25) is 0 Å². The zero-order chi connectivity index (χ0) is 13.3. The minimum absolute atomic E-state index is 0.271. The molecule has 0 saturated heterocycles. The van der Waals surface area contributed by atoms with Crippen LogP contribution in [0.3, 0.4) is 0 Å². The lowest BCUT2D eigenvalue weighted by atomic mass is 10.2. The molecule has 2 N–H and O–H groups in total. The number of carboxylic acids is 1. The number of alkyl carbamates (subject to hydrolysis) is 1. The first-order valence-electron chi connectivity index (χ1n) is 5.39. The van der Waals surface area contributed by atoms with Crippen molar-refractivity contribution in [2.75, 3.05) is 33.8 Å². The van der Waals surface area contributed by atoms with E-state index in [2.05, 4.69) is 5.32 Å². The predicted molar refractivity (Wildman–Crippen MR) is 63.9 cm³/mol. The second kappa shape index (κ2) is 8.58. The van der Waals surface area contributed by atoms with Gasteiger partial charge in [-0.3, -0.25) is 0 Å². The number of carboxylic acid groups (broad SMARTS) is 1. The van der Waals surface area contributed by atoms with Crippen molar-refractivity contribution in [3.63, 3.8) is 0 Å². The normalized spacial score (nSPS) is 11.4. The van der Waals surface area contributed by atoms with Gasteiger partial charge in [-0.1, -0.05) is 6.08 Å². The Bertz CT molecular complexity index is 287. The second-order valence-electron chi connectivity index (χ2n) is 3.85. The average Bonchev–Trinajstić information content (AvgIpc) is 2.23. The van der Waals surface area contributed by atoms with Crippen LogP contribution in [0.4, 0.5) is 4.79 Å². The molecule has 0 fully saturated rings. The number of aliphatic carboxylic acids is 1. The standard InChI is InChI=1S/C11H20N2O4/c1-9(10(14)15)5-4-6-12-11(16)17-8-7-13(2)3/h5H,4,6-8H2,1-3H3,(H,12,16)(H,14,15). The maximum Gasteiger partial charge on any atom is 0.407 e. The van der Waals surface area contributed by atoms with Crippen LogP contribution in [0.1, 0.15) is 13.3 Å². The molecule has 0 aliphatic heterocycles. The van der Waals surface area contributed by atoms with Crippen LogP contribution < -0.4 is 5.32 Å². The minimum atomic E-state index is -0.946. The summed E-state index contributed by atoms with van der Waals surface area (Å²) < 4.78 is 4.88. The number of carbonyl (C=O) groups is 2. The molecule has 1 amide bonds. The molecule has 0 unspecified atom stereocenters. The fraction of sp³-hybridized carbons (Fsp3) is 0.636. The zero-order valence-electron chi connectivity index (χ0n) is 10.5. The molecule has 0 spiro atoms. The van der Waals surface area contributed by atoms with Gasteiger partial charge in [0.1, 0.15) is 6.61 Å². The number of nitrogens with one attached hydrogen (secondary N) is 1. The second-order valence-corrected chi connectivity index (χ2v) is 3.85. The van der Waals surface area contributed by atoms with Crippen molar-refractivity contribution < 1.29 is 19.4 Å². The van der Waals surface area contributed by atoms with Crippen LogP contribution in [-0.2, 0) is 9.53 Å². The highest BCUT2D eigenvalue weighted by molar-refractivity contribution is 5.85. The molecular formula is C11H20N2O4. The number of ether oxygens (including phenoxy) is 1. The summed E-state index contributed by atoms with van der Waals surface area (Å²) in [5.74, 6) is -0.946. The number of nitrogens with zero attached hydrogens (tertiary/aromatic N) is 1. The summed E-state index contributed by atoms with van der Waals surface area (Å²) in [6, 6.07) is 0. The summed E-state index contributed by atoms with van der Waals surface area (Å²) in [7, 11) is 3.78. The third-order valence-corrected chi connectivity index (χ3v) is 1.97. The number of carbonyl (C=O) groups excluding carboxylic acids is 1. The number of likely N-dealkylation sites (N-methyl/N-ethyl adjacent to an activating group) is 1. The largest absolute Gasteiger partial charge is 0.478 e. The first-order chi connectivity index (χ1) is 7.93. The van der Waals surface area contributed by atoms with E-state index in [4.69, 9.17) is 9.84 Å². The third kappa shape index (κ3) is 9.37. The highest BCUT2D eigenvalue weighted by atomic mass is 16.5. The van der Waals surface area contributed by atoms with E-state index in [1.807, 2.05) is 19.0 Å². The van der Waals surface area contributed by atoms with E-state index in [0.717, 1.165) is 0 Å². The topological polar surface area (TPSA) is 78.9 Å². The van der Waals surface area contributed by atoms with E-state index in [1.54, 1.807) is 6.08 Å². The van der Waals surface area contributed by atoms with E-state index >= 15 is 0 Å². The van der Waals surface area contributed by atoms with Crippen LogP contribution in [-0.4, -0.2) is 55.9 Å². The van der Waals surface area contributed by atoms with Gasteiger partial charge in [-0.2, -0.15) is 0 Å². The van der Waals surface area contributed by atoms with Gasteiger partial charge in [-0.05, 0) is 27.4 Å². The molecule has 6 heteroatoms. The molecule has 0 heterocycles. The lowest BCUT2D eigenvalue weighted by Gasteiger charge is -2.10. The summed E-state index contributed by atoms with van der Waals surface area (Å²) >= 11 is 0. The Kier molecular flexibility index (Phi) is 7.79. The lowest BCUT2D eigenvalue weighted by molar-refractivity contribution is -0.132. The molecule has 17 heavy (non-hydrogen) atoms. The van der Waals surface area contributed by atoms with Gasteiger partial charge in [0.25, 0.3) is 0 Å². The molecule has 0 radical (unpaired) electrons. The van der Waals surface area contributed by atoms with Gasteiger partial charge >= 0.3 is 12.1 Å². The maximum absolute atomic E-state index is 11.1. The van der Waals surface area contributed by atoms with E-state index < -0.39 is 12.1 Å². The Hall–Kier alpha value is -1.56. The first kappa shape index (κ1) is 15.4. The Balaban J connectivity index is 3.58. The van der Waals surface area contributed by atoms with Crippen LogP contribution in [0, 0.1) is 0 Å². The van der Waals surface area contributed by atoms with Gasteiger partial charge in [0.15, 0.2) is 0 Å². The molecule has 0 rings (SSSR count). The van der Waals surface area contributed by atoms with E-state index in [-0.39, 0.29) is 5.57 Å². The van der Waals surface area contributed by atoms with E-state index in [0.29, 0.717) is 26.1 Å². The summed E-state index contributed by atoms with van der Waals surface area (Å²) in [6.07, 6.45) is 1.55. The van der Waals surface area contributed by atoms with Gasteiger partial charge < -0.3 is 20.1 Å². The molecule has 98 valence electrons. The van der Waals surface area contributed by atoms with Crippen LogP contribution in [0.25, 0.3) is 0 Å². The fourth-order valence-electron chi connectivity index (χ4n) is 0.922. The fourth-order valence-corrected chi connectivity index (χ4v) is 0.922. The SMILES string of the molecule is CC(=CCCNC(=O)OCCN(C)C)C(=O)O. The molecule has 0 aliphatic carbocycles. The molecule has 6 nitrogen and oxygen atoms in total. The van der Waals surface area contributed by atoms with Crippen molar-refractivity contribution in [1.29, 1.82) is 0 Å². The van der Waals surface area contributed by atoms with Gasteiger partial charge in [0.2, 0.25) is 0 Å². The van der Waals surface area contributed by atoms with E-state index in [1.165, 1.54) is 6.92 Å². The quantitative estimate of drug-likeness (QED) is 0.509. The molecule has 0 saturated carbocycles. The number of rotatable bonds is 7. The van der Waals surface area contributed by atoms with Crippen LogP contribution in [0.15, 0.2) is 11.6 Å². The monoisotopic (exact) mass is 244 g/mol. The van der Waals surface area contributed by atoms with Crippen molar-refractivity contribution in [3.05, 3.63) is 11.6 Å². The highest BCUT2D eigenvalue weighted by Gasteiger charge is 2.01. The summed E-state index contributed by atoms with van der Waals surface area (Å²) in [6.45, 7) is 2.89. The molecule has 0 aromatic rings. The van der Waals surface area contributed by atoms with Crippen molar-refractivity contribution >= 4 is 12.1 Å². The third-order valence-electron chi connectivity index (χ3n) is 1.97. The van der Waals surface area contributed by atoms with Gasteiger partial charge in [-0.15, -0.1) is 0 Å². The summed E-state index contributed by atoms with van der Waals surface area (Å²) in [5, 5.41) is 11.1. The molecule has 0 bridgehead atoms. The number of amides is 1. The predicted octanol–water partition coefficient (Wildman–Crippen LogP) is 0.695. The highest BCUT2D eigenvalue weighted by Crippen LogP contribution is 1.94. The zero-order valence-corrected chi connectivity index (χ0v) is 10.5. The van der Waals surface area contributed by atoms with Crippen molar-refractivity contribution in [3.8, 4) is 0 Å². The summed E-state index contributed by atoms with van der Waals surface area (Å²) in [4.78, 5) is 23.5. The average molecular weight is 244 g/mol. The lowest BCUT2D eigenvalue weighted by Crippen LogP contribution is -2.28. The van der Waals surface area contributed by atoms with Crippen LogP contribution in [0.5, 0.6) is 0 Å². The van der Waals surface area contributed by atoms with Gasteiger partial charge in [-0.25, -0.2) is 9.59 Å². The molecule has 0 aromatic heterocycles. The Morgan fingerprint density at radius 2 is 2.06 bits per heavy atom. The van der Waals surface area contributed by atoms with Crippen molar-refractivity contribution in [1.82, 2.24) is 10.2 Å². The van der Waals surface area contributed by atoms with Gasteiger partial charge in [0.05, 0.1) is 0 Å². The minimum Gasteiger partial charge on any atom is -0.478 e. The van der Waals surface area contributed by atoms with Crippen LogP contribution >= 0.6 is 0 Å². The number of hydrogen-bond acceptors (Lipinski definition) is 4. The molecule has 0 atom stereocenters. The van der Waals surface area contributed by atoms with Crippen molar-refractivity contribution in [2.45, 2.75) is 13.3 Å². The van der Waals surface area contributed by atoms with Crippen molar-refractivity contribution in [2.24, 2.45) is 0 Å². The van der Waals surface area contributed by atoms with E-state index in [9.17, 15) is 9.59 Å². The maximum atomic E-state index is 11.1. The Labute approximate surface area is 101 Å². The van der Waals surface area contributed by atoms with Gasteiger partial charge in [0, 0.05) is 18.7 Å².